The molecular weight excluding hydrogens is 841 g/mol. The van der Waals surface area contributed by atoms with Gasteiger partial charge in [0.1, 0.15) is 30.2 Å². The molecule has 2 fully saturated rings. The number of rotatable bonds is 8. The molecule has 4 aromatic rings. The third-order valence-corrected chi connectivity index (χ3v) is 12.6. The fourth-order valence-electron chi connectivity index (χ4n) is 9.41. The largest absolute Gasteiger partial charge is 0.508 e. The summed E-state index contributed by atoms with van der Waals surface area (Å²) in [7, 11) is 5.30. The second kappa shape index (κ2) is 20.0. The Morgan fingerprint density at radius 3 is 2.50 bits per heavy atom. The molecule has 0 radical (unpaired) electrons. The number of ether oxygens (including phenoxy) is 1. The number of phenolic OH excluding ortho intramolecular Hbond substituents is 1. The molecule has 0 saturated carbocycles. The van der Waals surface area contributed by atoms with E-state index in [9.17, 15) is 29.1 Å². The van der Waals surface area contributed by atoms with Gasteiger partial charge in [-0.1, -0.05) is 33.6 Å². The molecule has 350 valence electrons. The average molecular weight is 903 g/mol. The zero-order chi connectivity index (χ0) is 47.4. The number of benzene rings is 1. The Labute approximate surface area is 386 Å². The Bertz CT molecular complexity index is 2550. The van der Waals surface area contributed by atoms with Crippen molar-refractivity contribution in [3.8, 4) is 40.1 Å². The molecule has 0 aliphatic carbocycles. The van der Waals surface area contributed by atoms with Gasteiger partial charge in [-0.05, 0) is 93.9 Å². The Hall–Kier alpha value is -6.38. The van der Waals surface area contributed by atoms with Crippen LogP contribution in [0, 0.1) is 29.1 Å². The number of esters is 1. The van der Waals surface area contributed by atoms with Gasteiger partial charge in [0, 0.05) is 74.0 Å². The summed E-state index contributed by atoms with van der Waals surface area (Å²) in [6.07, 6.45) is 8.72. The number of pyridine rings is 1. The van der Waals surface area contributed by atoms with E-state index in [2.05, 4.69) is 44.0 Å². The van der Waals surface area contributed by atoms with Gasteiger partial charge in [-0.3, -0.25) is 38.9 Å². The van der Waals surface area contributed by atoms with Crippen LogP contribution in [0.2, 0.25) is 0 Å². The first kappa shape index (κ1) is 47.6. The molecule has 3 aromatic heterocycles. The maximum absolute atomic E-state index is 14.7. The van der Waals surface area contributed by atoms with Crippen molar-refractivity contribution < 1.29 is 33.8 Å². The van der Waals surface area contributed by atoms with E-state index in [0.29, 0.717) is 62.1 Å². The Morgan fingerprint density at radius 2 is 1.79 bits per heavy atom. The molecule has 1 aromatic carbocycles. The van der Waals surface area contributed by atoms with Gasteiger partial charge in [-0.25, -0.2) is 15.4 Å². The third-order valence-electron chi connectivity index (χ3n) is 12.6. The quantitative estimate of drug-likeness (QED) is 0.173. The van der Waals surface area contributed by atoms with E-state index >= 15 is 0 Å². The molecular formula is C49H62N10O7. The van der Waals surface area contributed by atoms with Crippen molar-refractivity contribution in [2.24, 2.45) is 17.3 Å². The number of aryl methyl sites for hydroxylation is 1. The Morgan fingerprint density at radius 1 is 1.03 bits per heavy atom. The second-order valence-electron chi connectivity index (χ2n) is 19.1. The van der Waals surface area contributed by atoms with Gasteiger partial charge in [-0.15, -0.1) is 0 Å². The van der Waals surface area contributed by atoms with Crippen LogP contribution < -0.4 is 10.7 Å². The van der Waals surface area contributed by atoms with Crippen LogP contribution in [0.1, 0.15) is 65.0 Å². The van der Waals surface area contributed by atoms with Crippen LogP contribution in [-0.4, -0.2) is 146 Å². The number of aromatic hydroxyl groups is 1. The number of carbonyl (C=O) groups is 5. The van der Waals surface area contributed by atoms with Crippen LogP contribution in [0.5, 0.6) is 5.75 Å². The van der Waals surface area contributed by atoms with Crippen LogP contribution in [-0.2, 0) is 48.1 Å². The maximum atomic E-state index is 14.7. The zero-order valence-electron chi connectivity index (χ0n) is 39.3. The number of hydrazine groups is 1. The van der Waals surface area contributed by atoms with Gasteiger partial charge in [0.05, 0.1) is 42.2 Å². The summed E-state index contributed by atoms with van der Waals surface area (Å²) in [4.78, 5) is 88.3. The number of likely N-dealkylation sites (N-methyl/N-ethyl adjacent to an activating group) is 1. The highest BCUT2D eigenvalue weighted by Gasteiger charge is 2.40. The third kappa shape index (κ3) is 10.5. The van der Waals surface area contributed by atoms with E-state index < -0.39 is 47.2 Å². The standard InChI is InChI=1S/C49H62N10O7/c1-9-58-41-26-52-39-22-36(41)37(44(58)34-24-50-29-51-25-34)23-49(4,5)28-66-48(65)38-12-10-16-59(54-38)47(64)40(20-31-18-33(39)21-35(60)19-31)53-45(62)43(30(2)3)56(8)46(63)32-14-17-57(27-32)42(61)13-11-15-55(6)7/h18-19,21-22,24-26,29-30,32,38,40,43,54,60H,9-10,12,14-17,20,23,27-28H2,1-8H3,(H,53,62)/t32-,38-,40-,43-/m0/s1. The van der Waals surface area contributed by atoms with Gasteiger partial charge in [0.25, 0.3) is 11.8 Å². The fourth-order valence-corrected chi connectivity index (χ4v) is 9.41. The van der Waals surface area contributed by atoms with Gasteiger partial charge in [-0.2, -0.15) is 0 Å². The molecule has 7 rings (SSSR count). The average Bonchev–Trinajstić information content (AvgIpc) is 3.90. The number of hydrogen-bond acceptors (Lipinski definition) is 12. The number of nitrogens with zero attached hydrogens (tertiary/aromatic N) is 8. The van der Waals surface area contributed by atoms with Gasteiger partial charge in [0.15, 0.2) is 0 Å². The molecule has 3 aliphatic rings. The number of fused-ring (bicyclic) bond motifs is 6. The van der Waals surface area contributed by atoms with Crippen LogP contribution in [0.4, 0.5) is 0 Å². The van der Waals surface area contributed by atoms with Crippen molar-refractivity contribution in [1.29, 1.82) is 0 Å². The minimum Gasteiger partial charge on any atom is -0.508 e. The lowest BCUT2D eigenvalue weighted by atomic mass is 9.84. The van der Waals surface area contributed by atoms with Gasteiger partial charge in [0.2, 0.25) is 11.8 Å². The van der Waals surface area contributed by atoms with Crippen molar-refractivity contribution in [3.05, 3.63) is 60.3 Å². The van der Waals surface area contributed by atoms with Crippen molar-refractivity contribution in [2.75, 3.05) is 53.9 Å². The molecule has 66 heavy (non-hydrogen) atoms. The summed E-state index contributed by atoms with van der Waals surface area (Å²) in [6.45, 7) is 11.8. The predicted octanol–water partition coefficient (Wildman–Crippen LogP) is 3.43. The summed E-state index contributed by atoms with van der Waals surface area (Å²) in [6, 6.07) is 4.04. The highest BCUT2D eigenvalue weighted by molar-refractivity contribution is 5.96. The minimum atomic E-state index is -1.19. The van der Waals surface area contributed by atoms with E-state index in [4.69, 9.17) is 9.72 Å². The molecule has 3 aliphatic heterocycles. The summed E-state index contributed by atoms with van der Waals surface area (Å²) in [5, 5.41) is 16.5. The van der Waals surface area contributed by atoms with Crippen molar-refractivity contribution >= 4 is 40.5 Å². The second-order valence-corrected chi connectivity index (χ2v) is 19.1. The molecule has 6 heterocycles. The van der Waals surface area contributed by atoms with E-state index in [1.807, 2.05) is 65.0 Å². The normalized spacial score (nSPS) is 20.4. The minimum absolute atomic E-state index is 0.0393. The van der Waals surface area contributed by atoms with Gasteiger partial charge < -0.3 is 29.5 Å². The lowest BCUT2D eigenvalue weighted by Gasteiger charge is -2.37. The summed E-state index contributed by atoms with van der Waals surface area (Å²) in [5.41, 5.74) is 7.96. The summed E-state index contributed by atoms with van der Waals surface area (Å²) in [5.74, 6) is 2.39. The first-order valence-electron chi connectivity index (χ1n) is 22.8. The number of aromatic nitrogens is 4. The molecule has 17 heteroatoms. The lowest BCUT2D eigenvalue weighted by molar-refractivity contribution is -0.155. The number of hydrogen-bond donors (Lipinski definition) is 3. The fraction of sp³-hybridized carbons (Fsp3) is 0.510. The number of nitrogens with one attached hydrogen (secondary N) is 2. The highest BCUT2D eigenvalue weighted by atomic mass is 16.5. The summed E-state index contributed by atoms with van der Waals surface area (Å²) >= 11 is 0. The van der Waals surface area contributed by atoms with Crippen LogP contribution in [0.15, 0.2) is 49.2 Å². The molecule has 2 saturated heterocycles. The Kier molecular flexibility index (Phi) is 14.4. The maximum Gasteiger partial charge on any atom is 0.324 e. The number of carbonyl (C=O) groups excluding carboxylic acids is 5. The molecule has 4 atom stereocenters. The molecule has 4 amide bonds. The first-order chi connectivity index (χ1) is 31.4. The van der Waals surface area contributed by atoms with E-state index in [1.165, 1.54) is 16.2 Å². The van der Waals surface area contributed by atoms with Gasteiger partial charge >= 0.3 is 5.97 Å². The molecule has 6 bridgehead atoms. The van der Waals surface area contributed by atoms with E-state index in [-0.39, 0.29) is 49.6 Å². The molecule has 17 nitrogen and oxygen atoms in total. The van der Waals surface area contributed by atoms with E-state index in [0.717, 1.165) is 27.7 Å². The molecule has 0 spiro atoms. The van der Waals surface area contributed by atoms with Crippen molar-refractivity contribution in [2.45, 2.75) is 91.4 Å². The Balaban J connectivity index is 1.23. The summed E-state index contributed by atoms with van der Waals surface area (Å²) < 4.78 is 8.22. The smallest absolute Gasteiger partial charge is 0.324 e. The molecule has 0 unspecified atom stereocenters. The van der Waals surface area contributed by atoms with E-state index in [1.54, 1.807) is 36.5 Å². The number of amides is 4. The van der Waals surface area contributed by atoms with Crippen molar-refractivity contribution in [3.63, 3.8) is 0 Å². The van der Waals surface area contributed by atoms with Crippen molar-refractivity contribution in [1.82, 2.24) is 50.0 Å². The monoisotopic (exact) mass is 902 g/mol. The highest BCUT2D eigenvalue weighted by Crippen LogP contribution is 2.39. The SMILES string of the molecule is CCn1c(-c2cncnc2)c2c3cc(ncc31)-c1cc(O)cc(c1)C[C@H](NC(=O)[C@H](C(C)C)N(C)C(=O)[C@H]1CCN(C(=O)C#CCN(C)C)C1)C(=O)N1CCC[C@H](N1)C(=O)OCC(C)(C)C2. The van der Waals surface area contributed by atoms with Crippen LogP contribution in [0.3, 0.4) is 0 Å². The number of phenols is 1. The molecule has 3 N–H and O–H groups in total. The topological polar surface area (TPSA) is 195 Å². The number of likely N-dealkylation sites (tertiary alicyclic amines) is 1. The predicted molar refractivity (Wildman–Crippen MR) is 248 cm³/mol. The first-order valence-corrected chi connectivity index (χ1v) is 22.8. The van der Waals surface area contributed by atoms with Crippen LogP contribution in [0.25, 0.3) is 33.4 Å². The van der Waals surface area contributed by atoms with Crippen LogP contribution >= 0.6 is 0 Å². The lowest BCUT2D eigenvalue weighted by Crippen LogP contribution is -2.62. The zero-order valence-corrected chi connectivity index (χ0v) is 39.3. The number of cyclic esters (lactones) is 1.